The molecule has 29 heavy (non-hydrogen) atoms. The molecule has 2 fully saturated rings. The van der Waals surface area contributed by atoms with Crippen LogP contribution in [0.1, 0.15) is 42.2 Å². The SMILES string of the molecule is O=C(NN1CCOCC1)c1coc(-c2cn(C3CCCC3)c3ccc(Cl)cc23)n1. The van der Waals surface area contributed by atoms with E-state index in [-0.39, 0.29) is 11.6 Å². The third-order valence-electron chi connectivity index (χ3n) is 5.75. The average Bonchev–Trinajstić information content (AvgIpc) is 3.47. The van der Waals surface area contributed by atoms with Crippen LogP contribution in [0.4, 0.5) is 0 Å². The smallest absolute Gasteiger partial charge is 0.287 e. The van der Waals surface area contributed by atoms with Gasteiger partial charge in [-0.2, -0.15) is 0 Å². The van der Waals surface area contributed by atoms with Gasteiger partial charge in [-0.3, -0.25) is 10.2 Å². The molecule has 3 heterocycles. The lowest BCUT2D eigenvalue weighted by Crippen LogP contribution is -2.48. The van der Waals surface area contributed by atoms with E-state index < -0.39 is 0 Å². The third kappa shape index (κ3) is 3.66. The quantitative estimate of drug-likeness (QED) is 0.697. The summed E-state index contributed by atoms with van der Waals surface area (Å²) in [5, 5.41) is 3.50. The fourth-order valence-corrected chi connectivity index (χ4v) is 4.43. The fraction of sp³-hybridized carbons (Fsp3) is 0.429. The van der Waals surface area contributed by atoms with Crippen LogP contribution in [0.2, 0.25) is 5.02 Å². The molecule has 1 aromatic carbocycles. The van der Waals surface area contributed by atoms with Crippen LogP contribution < -0.4 is 5.43 Å². The van der Waals surface area contributed by atoms with Gasteiger partial charge in [0.2, 0.25) is 5.89 Å². The number of hydrogen-bond acceptors (Lipinski definition) is 5. The molecule has 0 bridgehead atoms. The van der Waals surface area contributed by atoms with Crippen LogP contribution in [0.15, 0.2) is 35.1 Å². The first-order valence-electron chi connectivity index (χ1n) is 10.1. The average molecular weight is 415 g/mol. The Bertz CT molecular complexity index is 1030. The molecule has 2 aliphatic rings. The van der Waals surface area contributed by atoms with Gasteiger partial charge in [0.15, 0.2) is 5.69 Å². The number of oxazole rings is 1. The Morgan fingerprint density at radius 3 is 2.79 bits per heavy atom. The first kappa shape index (κ1) is 18.7. The molecule has 8 heteroatoms. The summed E-state index contributed by atoms with van der Waals surface area (Å²) in [5.41, 5.74) is 5.10. The predicted molar refractivity (Wildman–Crippen MR) is 110 cm³/mol. The number of aromatic nitrogens is 2. The number of nitrogens with zero attached hydrogens (tertiary/aromatic N) is 3. The zero-order valence-corrected chi connectivity index (χ0v) is 16.8. The number of benzene rings is 1. The Hall–Kier alpha value is -2.35. The van der Waals surface area contributed by atoms with Gasteiger partial charge in [0.05, 0.1) is 18.8 Å². The summed E-state index contributed by atoms with van der Waals surface area (Å²) >= 11 is 6.27. The Balaban J connectivity index is 1.46. The molecule has 1 aliphatic heterocycles. The monoisotopic (exact) mass is 414 g/mol. The van der Waals surface area contributed by atoms with Crippen LogP contribution in [-0.4, -0.2) is 46.8 Å². The highest BCUT2D eigenvalue weighted by Crippen LogP contribution is 2.38. The molecule has 152 valence electrons. The zero-order chi connectivity index (χ0) is 19.8. The maximum atomic E-state index is 12.5. The van der Waals surface area contributed by atoms with Gasteiger partial charge < -0.3 is 13.7 Å². The summed E-state index contributed by atoms with van der Waals surface area (Å²) in [4.78, 5) is 17.0. The van der Waals surface area contributed by atoms with Crippen LogP contribution >= 0.6 is 11.6 Å². The molecule has 5 rings (SSSR count). The Labute approximate surface area is 173 Å². The van der Waals surface area contributed by atoms with Gasteiger partial charge in [-0.15, -0.1) is 0 Å². The van der Waals surface area contributed by atoms with E-state index in [1.165, 1.54) is 31.9 Å². The van der Waals surface area contributed by atoms with Crippen LogP contribution in [-0.2, 0) is 4.74 Å². The number of morpholine rings is 1. The summed E-state index contributed by atoms with van der Waals surface area (Å²) in [7, 11) is 0. The molecule has 0 atom stereocenters. The van der Waals surface area contributed by atoms with Gasteiger partial charge >= 0.3 is 0 Å². The maximum absolute atomic E-state index is 12.5. The second-order valence-corrected chi connectivity index (χ2v) is 8.06. The highest BCUT2D eigenvalue weighted by Gasteiger charge is 2.24. The standard InChI is InChI=1S/C21H23ClN4O3/c22-14-5-6-19-16(11-14)17(12-26(19)15-3-1-2-4-15)21-23-18(13-29-21)20(27)24-25-7-9-28-10-8-25/h5-6,11-13,15H,1-4,7-10H2,(H,24,27). The van der Waals surface area contributed by atoms with Crippen molar-refractivity contribution >= 4 is 28.4 Å². The number of ether oxygens (including phenoxy) is 1. The lowest BCUT2D eigenvalue weighted by molar-refractivity contribution is 0.0124. The van der Waals surface area contributed by atoms with E-state index in [9.17, 15) is 4.79 Å². The summed E-state index contributed by atoms with van der Waals surface area (Å²) < 4.78 is 13.3. The van der Waals surface area contributed by atoms with Gasteiger partial charge in [-0.1, -0.05) is 24.4 Å². The van der Waals surface area contributed by atoms with Crippen LogP contribution in [0.3, 0.4) is 0 Å². The first-order valence-corrected chi connectivity index (χ1v) is 10.5. The topological polar surface area (TPSA) is 72.5 Å². The zero-order valence-electron chi connectivity index (χ0n) is 16.1. The van der Waals surface area contributed by atoms with Crippen molar-refractivity contribution in [3.8, 4) is 11.5 Å². The Kier molecular flexibility index (Phi) is 5.03. The number of carbonyl (C=O) groups is 1. The van der Waals surface area contributed by atoms with E-state index in [1.54, 1.807) is 0 Å². The highest BCUT2D eigenvalue weighted by atomic mass is 35.5. The summed E-state index contributed by atoms with van der Waals surface area (Å²) in [6.45, 7) is 2.52. The van der Waals surface area contributed by atoms with Crippen LogP contribution in [0, 0.1) is 0 Å². The minimum absolute atomic E-state index is 0.260. The van der Waals surface area contributed by atoms with Crippen molar-refractivity contribution in [1.29, 1.82) is 0 Å². The number of carbonyl (C=O) groups excluding carboxylic acids is 1. The molecular formula is C21H23ClN4O3. The molecule has 1 saturated heterocycles. The summed E-state index contributed by atoms with van der Waals surface area (Å²) in [5.74, 6) is 0.153. The predicted octanol–water partition coefficient (Wildman–Crippen LogP) is 4.04. The lowest BCUT2D eigenvalue weighted by Gasteiger charge is -2.26. The van der Waals surface area contributed by atoms with Gasteiger partial charge in [-0.25, -0.2) is 9.99 Å². The summed E-state index contributed by atoms with van der Waals surface area (Å²) in [6.07, 6.45) is 8.34. The van der Waals surface area contributed by atoms with Crippen LogP contribution in [0.25, 0.3) is 22.4 Å². The minimum Gasteiger partial charge on any atom is -0.444 e. The molecule has 1 N–H and O–H groups in total. The van der Waals surface area contributed by atoms with Crippen molar-refractivity contribution in [1.82, 2.24) is 20.0 Å². The van der Waals surface area contributed by atoms with E-state index >= 15 is 0 Å². The molecule has 1 aliphatic carbocycles. The minimum atomic E-state index is -0.278. The third-order valence-corrected chi connectivity index (χ3v) is 5.99. The Morgan fingerprint density at radius 2 is 2.00 bits per heavy atom. The first-order chi connectivity index (χ1) is 14.2. The second kappa shape index (κ2) is 7.82. The number of hydrazine groups is 1. The molecule has 3 aromatic rings. The van der Waals surface area contributed by atoms with Crippen molar-refractivity contribution in [2.45, 2.75) is 31.7 Å². The number of hydrogen-bond donors (Lipinski definition) is 1. The normalized spacial score (nSPS) is 18.5. The molecule has 2 aromatic heterocycles. The van der Waals surface area contributed by atoms with E-state index in [4.69, 9.17) is 20.8 Å². The molecule has 0 radical (unpaired) electrons. The largest absolute Gasteiger partial charge is 0.444 e. The molecule has 1 saturated carbocycles. The lowest BCUT2D eigenvalue weighted by atomic mass is 10.2. The van der Waals surface area contributed by atoms with Crippen molar-refractivity contribution in [3.05, 3.63) is 41.4 Å². The number of fused-ring (bicyclic) bond motifs is 1. The van der Waals surface area contributed by atoms with E-state index in [1.807, 2.05) is 17.1 Å². The molecule has 0 unspecified atom stereocenters. The van der Waals surface area contributed by atoms with Crippen molar-refractivity contribution < 1.29 is 13.9 Å². The fourth-order valence-electron chi connectivity index (χ4n) is 4.26. The molecule has 1 amide bonds. The number of amides is 1. The van der Waals surface area contributed by atoms with Crippen molar-refractivity contribution in [2.75, 3.05) is 26.3 Å². The van der Waals surface area contributed by atoms with E-state index in [2.05, 4.69) is 27.2 Å². The van der Waals surface area contributed by atoms with Crippen molar-refractivity contribution in [2.24, 2.45) is 0 Å². The molecule has 7 nitrogen and oxygen atoms in total. The molecule has 0 spiro atoms. The van der Waals surface area contributed by atoms with Gasteiger partial charge in [0.25, 0.3) is 5.91 Å². The summed E-state index contributed by atoms with van der Waals surface area (Å²) in [6, 6.07) is 6.38. The van der Waals surface area contributed by atoms with Crippen molar-refractivity contribution in [3.63, 3.8) is 0 Å². The molecular weight excluding hydrogens is 392 g/mol. The highest BCUT2D eigenvalue weighted by molar-refractivity contribution is 6.31. The van der Waals surface area contributed by atoms with E-state index in [0.29, 0.717) is 43.3 Å². The van der Waals surface area contributed by atoms with Gasteiger partial charge in [0.1, 0.15) is 6.26 Å². The number of nitrogens with one attached hydrogen (secondary N) is 1. The number of rotatable bonds is 4. The van der Waals surface area contributed by atoms with Gasteiger partial charge in [-0.05, 0) is 31.0 Å². The number of halogens is 1. The Morgan fingerprint density at radius 1 is 1.21 bits per heavy atom. The van der Waals surface area contributed by atoms with Crippen LogP contribution in [0.5, 0.6) is 0 Å². The maximum Gasteiger partial charge on any atom is 0.287 e. The second-order valence-electron chi connectivity index (χ2n) is 7.63. The van der Waals surface area contributed by atoms with E-state index in [0.717, 1.165) is 16.5 Å². The van der Waals surface area contributed by atoms with Gasteiger partial charge in [0, 0.05) is 41.3 Å².